The summed E-state index contributed by atoms with van der Waals surface area (Å²) >= 11 is 0. The Morgan fingerprint density at radius 2 is 1.85 bits per heavy atom. The summed E-state index contributed by atoms with van der Waals surface area (Å²) in [6.07, 6.45) is 8.28. The number of nitrogens with zero attached hydrogens (tertiary/aromatic N) is 1. The zero-order valence-electron chi connectivity index (χ0n) is 20.8. The molecule has 1 atom stereocenters. The minimum absolute atomic E-state index is 0.0877. The van der Waals surface area contributed by atoms with Gasteiger partial charge in [0.15, 0.2) is 6.10 Å². The smallest absolute Gasteiger partial charge is 0.333 e. The molecule has 8 heteroatoms. The molecule has 1 saturated carbocycles. The number of amides is 2. The summed E-state index contributed by atoms with van der Waals surface area (Å²) in [5, 5.41) is 12.2. The number of carbonyl (C=O) groups excluding carboxylic acids is 1. The van der Waals surface area contributed by atoms with Gasteiger partial charge in [0.1, 0.15) is 12.4 Å². The lowest BCUT2D eigenvalue weighted by Gasteiger charge is -2.26. The van der Waals surface area contributed by atoms with Crippen molar-refractivity contribution >= 4 is 12.0 Å². The Bertz CT molecular complexity index is 706. The molecule has 0 saturated heterocycles. The molecule has 0 bridgehead atoms. The van der Waals surface area contributed by atoms with Gasteiger partial charge in [0.2, 0.25) is 0 Å². The van der Waals surface area contributed by atoms with E-state index < -0.39 is 12.1 Å². The highest BCUT2D eigenvalue weighted by molar-refractivity contribution is 5.74. The Balaban J connectivity index is 1.81. The topological polar surface area (TPSA) is 97.3 Å². The van der Waals surface area contributed by atoms with Crippen molar-refractivity contribution in [3.63, 3.8) is 0 Å². The van der Waals surface area contributed by atoms with Crippen molar-refractivity contribution in [2.45, 2.75) is 64.4 Å². The van der Waals surface area contributed by atoms with Crippen LogP contribution in [0.2, 0.25) is 0 Å². The molecule has 0 aliphatic heterocycles. The second-order valence-corrected chi connectivity index (χ2v) is 8.84. The second-order valence-electron chi connectivity index (χ2n) is 8.84. The standard InChI is InChI=1S/C26H42N2O6/c1-3-33-24(25(29)30)20-22-11-13-23(14-12-22)34-19-17-28(26(31)27-15-18-32-2)16-7-10-21-8-5-4-6-9-21/h11-14,21,24H,3-10,15-20H2,1-2H3,(H,27,31)(H,29,30). The van der Waals surface area contributed by atoms with E-state index in [1.165, 1.54) is 38.5 Å². The molecule has 2 amide bonds. The lowest BCUT2D eigenvalue weighted by atomic mass is 9.86. The van der Waals surface area contributed by atoms with Crippen LogP contribution in [0.15, 0.2) is 24.3 Å². The molecule has 0 radical (unpaired) electrons. The van der Waals surface area contributed by atoms with Crippen LogP contribution in [-0.2, 0) is 20.7 Å². The van der Waals surface area contributed by atoms with Crippen LogP contribution < -0.4 is 10.1 Å². The van der Waals surface area contributed by atoms with Gasteiger partial charge >= 0.3 is 12.0 Å². The molecular formula is C26H42N2O6. The molecule has 192 valence electrons. The number of benzene rings is 1. The van der Waals surface area contributed by atoms with Crippen LogP contribution in [0, 0.1) is 5.92 Å². The summed E-state index contributed by atoms with van der Waals surface area (Å²) in [5.41, 5.74) is 0.870. The third-order valence-corrected chi connectivity index (χ3v) is 6.25. The molecule has 1 fully saturated rings. The molecule has 1 aromatic carbocycles. The molecular weight excluding hydrogens is 436 g/mol. The summed E-state index contributed by atoms with van der Waals surface area (Å²) < 4.78 is 16.2. The first-order valence-electron chi connectivity index (χ1n) is 12.6. The Morgan fingerprint density at radius 1 is 1.12 bits per heavy atom. The van der Waals surface area contributed by atoms with E-state index in [0.29, 0.717) is 51.6 Å². The van der Waals surface area contributed by atoms with Crippen LogP contribution in [0.5, 0.6) is 5.75 Å². The lowest BCUT2D eigenvalue weighted by Crippen LogP contribution is -2.43. The van der Waals surface area contributed by atoms with Gasteiger partial charge < -0.3 is 29.5 Å². The van der Waals surface area contributed by atoms with E-state index in [9.17, 15) is 14.7 Å². The number of carbonyl (C=O) groups is 2. The predicted octanol–water partition coefficient (Wildman–Crippen LogP) is 4.12. The highest BCUT2D eigenvalue weighted by Crippen LogP contribution is 2.27. The van der Waals surface area contributed by atoms with E-state index in [2.05, 4.69) is 5.32 Å². The number of methoxy groups -OCH3 is 1. The quantitative estimate of drug-likeness (QED) is 0.347. The van der Waals surface area contributed by atoms with Crippen LogP contribution in [0.25, 0.3) is 0 Å². The van der Waals surface area contributed by atoms with Crippen LogP contribution in [-0.4, -0.2) is 74.7 Å². The predicted molar refractivity (Wildman–Crippen MR) is 131 cm³/mol. The van der Waals surface area contributed by atoms with Gasteiger partial charge in [-0.25, -0.2) is 9.59 Å². The molecule has 34 heavy (non-hydrogen) atoms. The zero-order valence-corrected chi connectivity index (χ0v) is 20.8. The molecule has 1 aliphatic rings. The van der Waals surface area contributed by atoms with E-state index in [1.807, 2.05) is 29.2 Å². The number of hydrogen-bond donors (Lipinski definition) is 2. The fourth-order valence-corrected chi connectivity index (χ4v) is 4.36. The number of nitrogens with one attached hydrogen (secondary N) is 1. The minimum Gasteiger partial charge on any atom is -0.492 e. The van der Waals surface area contributed by atoms with E-state index in [4.69, 9.17) is 14.2 Å². The molecule has 1 aliphatic carbocycles. The largest absolute Gasteiger partial charge is 0.492 e. The first-order chi connectivity index (χ1) is 16.5. The first-order valence-corrected chi connectivity index (χ1v) is 12.6. The summed E-state index contributed by atoms with van der Waals surface area (Å²) in [6, 6.07) is 7.27. The minimum atomic E-state index is -0.963. The Morgan fingerprint density at radius 3 is 2.50 bits per heavy atom. The maximum Gasteiger partial charge on any atom is 0.333 e. The number of carboxylic acids is 1. The van der Waals surface area contributed by atoms with E-state index >= 15 is 0 Å². The maximum absolute atomic E-state index is 12.6. The van der Waals surface area contributed by atoms with Crippen LogP contribution in [0.3, 0.4) is 0 Å². The Kier molecular flexibility index (Phi) is 13.4. The molecule has 8 nitrogen and oxygen atoms in total. The molecule has 0 heterocycles. The van der Waals surface area contributed by atoms with Crippen molar-refractivity contribution in [1.29, 1.82) is 0 Å². The summed E-state index contributed by atoms with van der Waals surface area (Å²) in [7, 11) is 1.62. The van der Waals surface area contributed by atoms with Gasteiger partial charge in [-0.05, 0) is 43.4 Å². The van der Waals surface area contributed by atoms with Crippen molar-refractivity contribution < 1.29 is 28.9 Å². The average Bonchev–Trinajstić information content (AvgIpc) is 2.84. The van der Waals surface area contributed by atoms with Gasteiger partial charge in [-0.3, -0.25) is 0 Å². The van der Waals surface area contributed by atoms with E-state index in [-0.39, 0.29) is 6.03 Å². The normalized spacial score (nSPS) is 15.0. The van der Waals surface area contributed by atoms with Gasteiger partial charge in [-0.15, -0.1) is 0 Å². The van der Waals surface area contributed by atoms with Crippen LogP contribution >= 0.6 is 0 Å². The number of carboxylic acid groups (broad SMARTS) is 1. The number of ether oxygens (including phenoxy) is 3. The summed E-state index contributed by atoms with van der Waals surface area (Å²) in [5.74, 6) is 0.522. The third-order valence-electron chi connectivity index (χ3n) is 6.25. The van der Waals surface area contributed by atoms with Gasteiger partial charge in [0, 0.05) is 33.2 Å². The van der Waals surface area contributed by atoms with Crippen molar-refractivity contribution in [2.75, 3.05) is 46.6 Å². The van der Waals surface area contributed by atoms with Gasteiger partial charge in [0.05, 0.1) is 13.2 Å². The Labute approximate surface area is 203 Å². The molecule has 1 unspecified atom stereocenters. The number of aliphatic carboxylic acids is 1. The molecule has 1 aromatic rings. The average molecular weight is 479 g/mol. The molecule has 2 rings (SSSR count). The summed E-state index contributed by atoms with van der Waals surface area (Å²) in [6.45, 7) is 4.70. The van der Waals surface area contributed by atoms with Crippen LogP contribution in [0.4, 0.5) is 4.79 Å². The fourth-order valence-electron chi connectivity index (χ4n) is 4.36. The van der Waals surface area contributed by atoms with Gasteiger partial charge in [-0.1, -0.05) is 44.2 Å². The first kappa shape index (κ1) is 27.9. The maximum atomic E-state index is 12.6. The third kappa shape index (κ3) is 10.7. The molecule has 2 N–H and O–H groups in total. The molecule has 0 spiro atoms. The lowest BCUT2D eigenvalue weighted by molar-refractivity contribution is -0.149. The van der Waals surface area contributed by atoms with Crippen LogP contribution in [0.1, 0.15) is 57.4 Å². The van der Waals surface area contributed by atoms with E-state index in [0.717, 1.165) is 17.9 Å². The van der Waals surface area contributed by atoms with E-state index in [1.54, 1.807) is 14.0 Å². The number of hydrogen-bond acceptors (Lipinski definition) is 5. The highest BCUT2D eigenvalue weighted by Gasteiger charge is 2.18. The van der Waals surface area contributed by atoms with Crippen molar-refractivity contribution in [1.82, 2.24) is 10.2 Å². The highest BCUT2D eigenvalue weighted by atomic mass is 16.5. The number of urea groups is 1. The Hall–Kier alpha value is -2.32. The molecule has 0 aromatic heterocycles. The summed E-state index contributed by atoms with van der Waals surface area (Å²) in [4.78, 5) is 25.7. The SMILES string of the molecule is CCOC(Cc1ccc(OCCN(CCCC2CCCCC2)C(=O)NCCOC)cc1)C(=O)O. The monoisotopic (exact) mass is 478 g/mol. The van der Waals surface area contributed by atoms with Crippen molar-refractivity contribution in [2.24, 2.45) is 5.92 Å². The van der Waals surface area contributed by atoms with Crippen molar-refractivity contribution in [3.05, 3.63) is 29.8 Å². The second kappa shape index (κ2) is 16.3. The van der Waals surface area contributed by atoms with Gasteiger partial charge in [0.25, 0.3) is 0 Å². The van der Waals surface area contributed by atoms with Gasteiger partial charge in [-0.2, -0.15) is 0 Å². The van der Waals surface area contributed by atoms with Crippen molar-refractivity contribution in [3.8, 4) is 5.75 Å². The zero-order chi connectivity index (χ0) is 24.6. The number of rotatable bonds is 16. The fraction of sp³-hybridized carbons (Fsp3) is 0.692.